The number of carbonyl (C=O) groups is 2. The molecule has 116 valence electrons. The number of carboxylic acid groups (broad SMARTS) is 2. The van der Waals surface area contributed by atoms with Gasteiger partial charge < -0.3 is 14.9 Å². The topological polar surface area (TPSA) is 83.8 Å². The summed E-state index contributed by atoms with van der Waals surface area (Å²) in [5, 5.41) is 16.7. The van der Waals surface area contributed by atoms with Gasteiger partial charge in [-0.1, -0.05) is 25.5 Å². The second-order valence-electron chi connectivity index (χ2n) is 4.58. The summed E-state index contributed by atoms with van der Waals surface area (Å²) in [6.45, 7) is 2.78. The highest BCUT2D eigenvalue weighted by Gasteiger charge is 2.21. The first-order valence-corrected chi connectivity index (χ1v) is 7.85. The van der Waals surface area contributed by atoms with Crippen LogP contribution in [0.1, 0.15) is 31.7 Å². The number of hydrogen-bond donors (Lipinski definition) is 2. The molecule has 5 nitrogen and oxygen atoms in total. The molecule has 0 fully saturated rings. The Morgan fingerprint density at radius 3 is 2.43 bits per heavy atom. The van der Waals surface area contributed by atoms with Crippen LogP contribution in [0.25, 0.3) is 0 Å². The molecule has 0 aliphatic rings. The maximum absolute atomic E-state index is 11.0. The molecule has 0 aromatic heterocycles. The van der Waals surface area contributed by atoms with Crippen molar-refractivity contribution in [3.63, 3.8) is 0 Å². The van der Waals surface area contributed by atoms with Crippen molar-refractivity contribution in [2.75, 3.05) is 6.61 Å². The molecule has 0 heterocycles. The predicted octanol–water partition coefficient (Wildman–Crippen LogP) is 3.03. The van der Waals surface area contributed by atoms with Crippen molar-refractivity contribution in [2.24, 2.45) is 0 Å². The van der Waals surface area contributed by atoms with E-state index in [1.54, 1.807) is 0 Å². The molecule has 1 atom stereocenters. The Kier molecular flexibility index (Phi) is 7.68. The molecular formula is C15H20O5S. The summed E-state index contributed by atoms with van der Waals surface area (Å²) in [4.78, 5) is 21.6. The highest BCUT2D eigenvalue weighted by atomic mass is 32.2. The third kappa shape index (κ3) is 7.04. The Morgan fingerprint density at radius 2 is 1.90 bits per heavy atom. The highest BCUT2D eigenvalue weighted by Crippen LogP contribution is 2.22. The van der Waals surface area contributed by atoms with Gasteiger partial charge in [-0.3, -0.25) is 9.59 Å². The molecule has 1 aromatic carbocycles. The van der Waals surface area contributed by atoms with Crippen molar-refractivity contribution >= 4 is 23.7 Å². The molecule has 0 aliphatic carbocycles. The van der Waals surface area contributed by atoms with Gasteiger partial charge in [0.25, 0.3) is 0 Å². The lowest BCUT2D eigenvalue weighted by atomic mass is 10.2. The van der Waals surface area contributed by atoms with Gasteiger partial charge in [0.1, 0.15) is 11.0 Å². The average molecular weight is 312 g/mol. The van der Waals surface area contributed by atoms with Crippen molar-refractivity contribution in [2.45, 2.75) is 37.2 Å². The van der Waals surface area contributed by atoms with Gasteiger partial charge >= 0.3 is 11.9 Å². The number of ether oxygens (including phenoxy) is 1. The summed E-state index contributed by atoms with van der Waals surface area (Å²) in [5.74, 6) is -0.950. The number of carboxylic acids is 2. The van der Waals surface area contributed by atoms with E-state index in [1.165, 1.54) is 0 Å². The maximum Gasteiger partial charge on any atom is 0.317 e. The average Bonchev–Trinajstić information content (AvgIpc) is 2.44. The van der Waals surface area contributed by atoms with Gasteiger partial charge in [0.15, 0.2) is 0 Å². The SMILES string of the molecule is CCCCOc1ccc(CS[C@H](CC(=O)O)C(=O)O)cc1. The molecule has 6 heteroatoms. The van der Waals surface area contributed by atoms with Crippen LogP contribution in [-0.2, 0) is 15.3 Å². The van der Waals surface area contributed by atoms with Gasteiger partial charge in [-0.25, -0.2) is 0 Å². The fraction of sp³-hybridized carbons (Fsp3) is 0.467. The zero-order valence-electron chi connectivity index (χ0n) is 11.9. The lowest BCUT2D eigenvalue weighted by Gasteiger charge is -2.10. The van der Waals surface area contributed by atoms with Crippen LogP contribution in [-0.4, -0.2) is 34.0 Å². The van der Waals surface area contributed by atoms with Crippen molar-refractivity contribution < 1.29 is 24.5 Å². The molecule has 21 heavy (non-hydrogen) atoms. The predicted molar refractivity (Wildman–Crippen MR) is 81.8 cm³/mol. The van der Waals surface area contributed by atoms with E-state index in [4.69, 9.17) is 14.9 Å². The van der Waals surface area contributed by atoms with Crippen LogP contribution in [0.4, 0.5) is 0 Å². The van der Waals surface area contributed by atoms with E-state index >= 15 is 0 Å². The first-order valence-electron chi connectivity index (χ1n) is 6.81. The molecule has 0 amide bonds. The third-order valence-corrected chi connectivity index (χ3v) is 4.05. The van der Waals surface area contributed by atoms with E-state index in [1.807, 2.05) is 24.3 Å². The van der Waals surface area contributed by atoms with Crippen LogP contribution in [0.5, 0.6) is 5.75 Å². The molecule has 1 rings (SSSR count). The molecule has 1 aromatic rings. The Labute approximate surface area is 128 Å². The summed E-state index contributed by atoms with van der Waals surface area (Å²) < 4.78 is 5.54. The van der Waals surface area contributed by atoms with E-state index in [9.17, 15) is 9.59 Å². The van der Waals surface area contributed by atoms with Crippen LogP contribution in [0.15, 0.2) is 24.3 Å². The van der Waals surface area contributed by atoms with Gasteiger partial charge in [0, 0.05) is 5.75 Å². The van der Waals surface area contributed by atoms with Crippen LogP contribution in [0.2, 0.25) is 0 Å². The lowest BCUT2D eigenvalue weighted by Crippen LogP contribution is -2.20. The standard InChI is InChI=1S/C15H20O5S/c1-2-3-8-20-12-6-4-11(5-7-12)10-21-13(15(18)19)9-14(16)17/h4-7,13H,2-3,8-10H2,1H3,(H,16,17)(H,18,19)/t13-/m1/s1. The van der Waals surface area contributed by atoms with Crippen molar-refractivity contribution in [3.05, 3.63) is 29.8 Å². The minimum atomic E-state index is -1.10. The minimum absolute atomic E-state index is 0.377. The molecule has 2 N–H and O–H groups in total. The highest BCUT2D eigenvalue weighted by molar-refractivity contribution is 7.99. The van der Waals surface area contributed by atoms with Crippen LogP contribution < -0.4 is 4.74 Å². The quantitative estimate of drug-likeness (QED) is 0.646. The molecule has 0 bridgehead atoms. The molecule has 0 aliphatic heterocycles. The zero-order chi connectivity index (χ0) is 15.7. The summed E-state index contributed by atoms with van der Waals surface area (Å²) in [6, 6.07) is 7.43. The van der Waals surface area contributed by atoms with Gasteiger partial charge in [0.2, 0.25) is 0 Å². The summed E-state index contributed by atoms with van der Waals surface area (Å²) in [6.07, 6.45) is 1.71. The molecule has 0 saturated heterocycles. The largest absolute Gasteiger partial charge is 0.494 e. The lowest BCUT2D eigenvalue weighted by molar-refractivity contribution is -0.142. The van der Waals surface area contributed by atoms with Crippen molar-refractivity contribution in [1.82, 2.24) is 0 Å². The number of aliphatic carboxylic acids is 2. The number of unbranched alkanes of at least 4 members (excludes halogenated alkanes) is 1. The smallest absolute Gasteiger partial charge is 0.317 e. The van der Waals surface area contributed by atoms with Crippen LogP contribution in [0, 0.1) is 0 Å². The number of thioether (sulfide) groups is 1. The Balaban J connectivity index is 2.47. The first-order chi connectivity index (χ1) is 10.0. The minimum Gasteiger partial charge on any atom is -0.494 e. The van der Waals surface area contributed by atoms with E-state index in [2.05, 4.69) is 6.92 Å². The molecule has 0 radical (unpaired) electrons. The van der Waals surface area contributed by atoms with Gasteiger partial charge in [-0.05, 0) is 24.1 Å². The fourth-order valence-corrected chi connectivity index (χ4v) is 2.58. The monoisotopic (exact) mass is 312 g/mol. The third-order valence-electron chi connectivity index (χ3n) is 2.78. The van der Waals surface area contributed by atoms with E-state index in [-0.39, 0.29) is 6.42 Å². The van der Waals surface area contributed by atoms with E-state index in [0.29, 0.717) is 12.4 Å². The number of hydrogen-bond acceptors (Lipinski definition) is 4. The molecule has 0 spiro atoms. The van der Waals surface area contributed by atoms with Crippen LogP contribution >= 0.6 is 11.8 Å². The molecule has 0 unspecified atom stereocenters. The summed E-state index contributed by atoms with van der Waals surface area (Å²) in [7, 11) is 0. The number of rotatable bonds is 10. The van der Waals surface area contributed by atoms with Crippen molar-refractivity contribution in [3.8, 4) is 5.75 Å². The summed E-state index contributed by atoms with van der Waals surface area (Å²) >= 11 is 1.12. The van der Waals surface area contributed by atoms with E-state index in [0.717, 1.165) is 35.9 Å². The first kappa shape index (κ1) is 17.4. The van der Waals surface area contributed by atoms with Gasteiger partial charge in [-0.15, -0.1) is 11.8 Å². The normalized spacial score (nSPS) is 11.9. The molecular weight excluding hydrogens is 292 g/mol. The Morgan fingerprint density at radius 1 is 1.24 bits per heavy atom. The summed E-state index contributed by atoms with van der Waals surface area (Å²) in [5.41, 5.74) is 0.944. The van der Waals surface area contributed by atoms with Crippen molar-refractivity contribution in [1.29, 1.82) is 0 Å². The fourth-order valence-electron chi connectivity index (χ4n) is 1.59. The second-order valence-corrected chi connectivity index (χ2v) is 5.77. The van der Waals surface area contributed by atoms with E-state index < -0.39 is 17.2 Å². The van der Waals surface area contributed by atoms with Gasteiger partial charge in [-0.2, -0.15) is 0 Å². The Hall–Kier alpha value is -1.69. The molecule has 0 saturated carbocycles. The zero-order valence-corrected chi connectivity index (χ0v) is 12.8. The maximum atomic E-state index is 11.0. The second kappa shape index (κ2) is 9.28. The van der Waals surface area contributed by atoms with Gasteiger partial charge in [0.05, 0.1) is 13.0 Å². The Bertz CT molecular complexity index is 458. The van der Waals surface area contributed by atoms with Crippen LogP contribution in [0.3, 0.4) is 0 Å². The number of benzene rings is 1.